The zero-order chi connectivity index (χ0) is 8.55. The van der Waals surface area contributed by atoms with Crippen molar-refractivity contribution in [2.45, 2.75) is 19.8 Å². The number of hydrogen-bond acceptors (Lipinski definition) is 1. The van der Waals surface area contributed by atoms with Crippen LogP contribution in [0.4, 0.5) is 0 Å². The van der Waals surface area contributed by atoms with Gasteiger partial charge in [-0.3, -0.25) is 4.98 Å². The van der Waals surface area contributed by atoms with Crippen LogP contribution in [0.3, 0.4) is 0 Å². The zero-order valence-corrected chi connectivity index (χ0v) is 7.49. The van der Waals surface area contributed by atoms with Gasteiger partial charge in [-0.05, 0) is 29.5 Å². The lowest BCUT2D eigenvalue weighted by molar-refractivity contribution is 0.583. The van der Waals surface area contributed by atoms with Crippen LogP contribution >= 0.6 is 0 Å². The molecule has 1 aliphatic carbocycles. The molecule has 0 unspecified atom stereocenters. The largest absolute Gasteiger partial charge is 0.257 e. The Labute approximate surface area is 73.1 Å². The van der Waals surface area contributed by atoms with E-state index in [-0.39, 0.29) is 0 Å². The van der Waals surface area contributed by atoms with Gasteiger partial charge in [-0.25, -0.2) is 0 Å². The van der Waals surface area contributed by atoms with Gasteiger partial charge in [-0.1, -0.05) is 26.0 Å². The predicted octanol–water partition coefficient (Wildman–Crippen LogP) is 2.85. The fourth-order valence-electron chi connectivity index (χ4n) is 1.65. The highest BCUT2D eigenvalue weighted by atomic mass is 14.7. The third-order valence-electron chi connectivity index (χ3n) is 2.71. The second-order valence-electron chi connectivity index (χ2n) is 3.48. The fourth-order valence-corrected chi connectivity index (χ4v) is 1.65. The Morgan fingerprint density at radius 2 is 2.17 bits per heavy atom. The van der Waals surface area contributed by atoms with Crippen molar-refractivity contribution in [1.82, 2.24) is 4.98 Å². The van der Waals surface area contributed by atoms with E-state index in [9.17, 15) is 0 Å². The summed E-state index contributed by atoms with van der Waals surface area (Å²) in [5, 5.41) is 0. The summed E-state index contributed by atoms with van der Waals surface area (Å²) >= 11 is 0. The van der Waals surface area contributed by atoms with Gasteiger partial charge in [0.2, 0.25) is 0 Å². The summed E-state index contributed by atoms with van der Waals surface area (Å²) in [5.41, 5.74) is 2.52. The number of allylic oxidation sites excluding steroid dienone is 1. The molecule has 1 aliphatic rings. The summed E-state index contributed by atoms with van der Waals surface area (Å²) < 4.78 is 0. The van der Waals surface area contributed by atoms with Crippen LogP contribution in [0.1, 0.15) is 31.0 Å². The van der Waals surface area contributed by atoms with Gasteiger partial charge >= 0.3 is 0 Å². The van der Waals surface area contributed by atoms with Gasteiger partial charge in [0.1, 0.15) is 0 Å². The first-order valence-electron chi connectivity index (χ1n) is 4.42. The van der Waals surface area contributed by atoms with Crippen LogP contribution in [0.25, 0.3) is 6.08 Å². The summed E-state index contributed by atoms with van der Waals surface area (Å²) in [6.07, 6.45) is 6.21. The molecule has 0 aliphatic heterocycles. The van der Waals surface area contributed by atoms with E-state index in [2.05, 4.69) is 37.0 Å². The summed E-state index contributed by atoms with van der Waals surface area (Å²) in [6, 6.07) is 4.19. The molecule has 1 heteroatoms. The zero-order valence-electron chi connectivity index (χ0n) is 7.49. The maximum atomic E-state index is 4.32. The summed E-state index contributed by atoms with van der Waals surface area (Å²) in [6.45, 7) is 4.51. The quantitative estimate of drug-likeness (QED) is 0.567. The summed E-state index contributed by atoms with van der Waals surface area (Å²) in [4.78, 5) is 4.32. The molecule has 1 aromatic rings. The molecule has 0 aromatic carbocycles. The molecule has 0 saturated carbocycles. The van der Waals surface area contributed by atoms with E-state index < -0.39 is 0 Å². The highest BCUT2D eigenvalue weighted by Crippen LogP contribution is 2.31. The average molecular weight is 159 g/mol. The van der Waals surface area contributed by atoms with Crippen LogP contribution in [-0.2, 0) is 0 Å². The molecule has 1 heterocycles. The molecule has 0 amide bonds. The standard InChI is InChI=1S/C11H13N/c1-8-5-6-11-10(9(8)2)4-3-7-12-11/h3-9H,1-2H3/t8-,9-/m0/s1. The molecule has 62 valence electrons. The summed E-state index contributed by atoms with van der Waals surface area (Å²) in [7, 11) is 0. The molecule has 2 rings (SSSR count). The number of pyridine rings is 1. The highest BCUT2D eigenvalue weighted by molar-refractivity contribution is 5.53. The lowest BCUT2D eigenvalue weighted by Gasteiger charge is -2.22. The first-order valence-corrected chi connectivity index (χ1v) is 4.42. The Morgan fingerprint density at radius 1 is 1.33 bits per heavy atom. The van der Waals surface area contributed by atoms with Crippen LogP contribution < -0.4 is 0 Å². The van der Waals surface area contributed by atoms with Gasteiger partial charge < -0.3 is 0 Å². The molecule has 12 heavy (non-hydrogen) atoms. The van der Waals surface area contributed by atoms with Gasteiger partial charge in [0.05, 0.1) is 5.69 Å². The average Bonchev–Trinajstić information content (AvgIpc) is 2.12. The fraction of sp³-hybridized carbons (Fsp3) is 0.364. The Hall–Kier alpha value is -1.11. The Bertz CT molecular complexity index is 315. The summed E-state index contributed by atoms with van der Waals surface area (Å²) in [5.74, 6) is 1.25. The van der Waals surface area contributed by atoms with Crippen molar-refractivity contribution in [3.63, 3.8) is 0 Å². The highest BCUT2D eigenvalue weighted by Gasteiger charge is 2.18. The Morgan fingerprint density at radius 3 is 3.00 bits per heavy atom. The van der Waals surface area contributed by atoms with E-state index in [0.29, 0.717) is 11.8 Å². The lowest BCUT2D eigenvalue weighted by atomic mass is 9.84. The minimum absolute atomic E-state index is 0.610. The Kier molecular flexibility index (Phi) is 1.72. The lowest BCUT2D eigenvalue weighted by Crippen LogP contribution is -2.09. The molecule has 0 bridgehead atoms. The van der Waals surface area contributed by atoms with Crippen molar-refractivity contribution in [3.8, 4) is 0 Å². The molecular formula is C11H13N. The molecular weight excluding hydrogens is 146 g/mol. The number of aromatic nitrogens is 1. The number of rotatable bonds is 0. The van der Waals surface area contributed by atoms with Crippen LogP contribution in [0, 0.1) is 5.92 Å². The van der Waals surface area contributed by atoms with Gasteiger partial charge in [0, 0.05) is 6.20 Å². The van der Waals surface area contributed by atoms with Crippen molar-refractivity contribution in [2.75, 3.05) is 0 Å². The maximum Gasteiger partial charge on any atom is 0.0661 e. The van der Waals surface area contributed by atoms with E-state index in [1.165, 1.54) is 5.56 Å². The van der Waals surface area contributed by atoms with Crippen molar-refractivity contribution >= 4 is 6.08 Å². The van der Waals surface area contributed by atoms with Crippen molar-refractivity contribution in [3.05, 3.63) is 35.7 Å². The van der Waals surface area contributed by atoms with Gasteiger partial charge in [0.25, 0.3) is 0 Å². The monoisotopic (exact) mass is 159 g/mol. The third kappa shape index (κ3) is 1.06. The molecule has 2 atom stereocenters. The van der Waals surface area contributed by atoms with Crippen molar-refractivity contribution < 1.29 is 0 Å². The minimum Gasteiger partial charge on any atom is -0.257 e. The number of fused-ring (bicyclic) bond motifs is 1. The van der Waals surface area contributed by atoms with E-state index in [0.717, 1.165) is 5.69 Å². The van der Waals surface area contributed by atoms with Crippen LogP contribution in [0.2, 0.25) is 0 Å². The number of hydrogen-bond donors (Lipinski definition) is 0. The smallest absolute Gasteiger partial charge is 0.0661 e. The molecule has 0 saturated heterocycles. The molecule has 0 fully saturated rings. The SMILES string of the molecule is C[C@@H]1c2cccnc2C=C[C@@H]1C. The van der Waals surface area contributed by atoms with E-state index in [1.807, 2.05) is 12.3 Å². The third-order valence-corrected chi connectivity index (χ3v) is 2.71. The first-order chi connectivity index (χ1) is 5.79. The van der Waals surface area contributed by atoms with Gasteiger partial charge in [-0.15, -0.1) is 0 Å². The molecule has 1 aromatic heterocycles. The van der Waals surface area contributed by atoms with Crippen LogP contribution in [0.15, 0.2) is 24.4 Å². The van der Waals surface area contributed by atoms with E-state index in [1.54, 1.807) is 0 Å². The molecule has 0 N–H and O–H groups in total. The van der Waals surface area contributed by atoms with Crippen LogP contribution in [-0.4, -0.2) is 4.98 Å². The van der Waals surface area contributed by atoms with Gasteiger partial charge in [0.15, 0.2) is 0 Å². The topological polar surface area (TPSA) is 12.9 Å². The minimum atomic E-state index is 0.610. The first kappa shape index (κ1) is 7.53. The van der Waals surface area contributed by atoms with Crippen LogP contribution in [0.5, 0.6) is 0 Å². The van der Waals surface area contributed by atoms with Crippen molar-refractivity contribution in [1.29, 1.82) is 0 Å². The van der Waals surface area contributed by atoms with E-state index >= 15 is 0 Å². The Balaban J connectivity index is 2.52. The van der Waals surface area contributed by atoms with Crippen molar-refractivity contribution in [2.24, 2.45) is 5.92 Å². The van der Waals surface area contributed by atoms with E-state index in [4.69, 9.17) is 0 Å². The maximum absolute atomic E-state index is 4.32. The van der Waals surface area contributed by atoms with Gasteiger partial charge in [-0.2, -0.15) is 0 Å². The molecule has 1 nitrogen and oxygen atoms in total. The normalized spacial score (nSPS) is 26.8. The number of nitrogens with zero attached hydrogens (tertiary/aromatic N) is 1. The molecule has 0 spiro atoms. The second kappa shape index (κ2) is 2.74. The predicted molar refractivity (Wildman–Crippen MR) is 50.9 cm³/mol. The molecule has 0 radical (unpaired) electrons. The second-order valence-corrected chi connectivity index (χ2v) is 3.48.